The summed E-state index contributed by atoms with van der Waals surface area (Å²) < 4.78 is 15.1. The highest BCUT2D eigenvalue weighted by Gasteiger charge is 2.29. The molecule has 2 amide bonds. The van der Waals surface area contributed by atoms with Gasteiger partial charge in [0.2, 0.25) is 0 Å². The van der Waals surface area contributed by atoms with Gasteiger partial charge in [0, 0.05) is 12.1 Å². The van der Waals surface area contributed by atoms with Crippen molar-refractivity contribution < 1.29 is 38.5 Å². The number of carboxylic acids is 1. The first kappa shape index (κ1) is 30.5. The van der Waals surface area contributed by atoms with Crippen molar-refractivity contribution in [3.8, 4) is 0 Å². The highest BCUT2D eigenvalue weighted by Crippen LogP contribution is 2.26. The van der Waals surface area contributed by atoms with Crippen LogP contribution in [0.5, 0.6) is 0 Å². The predicted octanol–water partition coefficient (Wildman–Crippen LogP) is 4.40. The Morgan fingerprint density at radius 1 is 0.657 bits per heavy atom. The highest BCUT2D eigenvalue weighted by atomic mass is 16.6. The van der Waals surface area contributed by atoms with Gasteiger partial charge in [-0.1, -0.05) is 0 Å². The van der Waals surface area contributed by atoms with Crippen LogP contribution in [0.3, 0.4) is 0 Å². The van der Waals surface area contributed by atoms with Gasteiger partial charge in [0.1, 0.15) is 11.2 Å². The molecule has 202 valence electrons. The number of carbonyl (C=O) groups excluding carboxylic acids is 3. The Balaban J connectivity index is 0.000000351. The summed E-state index contributed by atoms with van der Waals surface area (Å²) >= 11 is 0. The first-order chi connectivity index (χ1) is 16.1. The van der Waals surface area contributed by atoms with Crippen LogP contribution < -0.4 is 10.6 Å². The van der Waals surface area contributed by atoms with E-state index in [1.165, 1.54) is 7.11 Å². The van der Waals surface area contributed by atoms with Crippen LogP contribution in [0.2, 0.25) is 0 Å². The third-order valence-electron chi connectivity index (χ3n) is 5.78. The lowest BCUT2D eigenvalue weighted by Crippen LogP contribution is -2.41. The number of amides is 2. The summed E-state index contributed by atoms with van der Waals surface area (Å²) in [5.74, 6) is -1.16. The summed E-state index contributed by atoms with van der Waals surface area (Å²) in [6, 6.07) is 0.140. The number of hydrogen-bond donors (Lipinski definition) is 3. The summed E-state index contributed by atoms with van der Waals surface area (Å²) in [5, 5.41) is 14.5. The Kier molecular flexibility index (Phi) is 11.8. The van der Waals surface area contributed by atoms with E-state index in [-0.39, 0.29) is 36.0 Å². The third-order valence-corrected chi connectivity index (χ3v) is 5.78. The van der Waals surface area contributed by atoms with Crippen LogP contribution in [-0.4, -0.2) is 59.6 Å². The first-order valence-corrected chi connectivity index (χ1v) is 12.4. The number of aliphatic carboxylic acids is 1. The number of esters is 1. The van der Waals surface area contributed by atoms with Crippen LogP contribution in [0.25, 0.3) is 0 Å². The van der Waals surface area contributed by atoms with Gasteiger partial charge in [0.15, 0.2) is 0 Å². The number of hydrogen-bond acceptors (Lipinski definition) is 7. The number of nitrogens with one attached hydrogen (secondary N) is 2. The zero-order valence-corrected chi connectivity index (χ0v) is 22.3. The Morgan fingerprint density at radius 3 is 1.29 bits per heavy atom. The van der Waals surface area contributed by atoms with E-state index < -0.39 is 23.3 Å². The van der Waals surface area contributed by atoms with E-state index in [1.807, 2.05) is 41.5 Å². The number of alkyl carbamates (subject to hydrolysis) is 2. The summed E-state index contributed by atoms with van der Waals surface area (Å²) in [6.45, 7) is 10.9. The molecule has 2 saturated carbocycles. The molecule has 0 aromatic carbocycles. The van der Waals surface area contributed by atoms with E-state index in [9.17, 15) is 19.2 Å². The van der Waals surface area contributed by atoms with Gasteiger partial charge >= 0.3 is 24.1 Å². The van der Waals surface area contributed by atoms with Crippen molar-refractivity contribution in [3.05, 3.63) is 0 Å². The maximum Gasteiger partial charge on any atom is 0.407 e. The van der Waals surface area contributed by atoms with E-state index in [0.717, 1.165) is 25.7 Å². The van der Waals surface area contributed by atoms with E-state index in [1.54, 1.807) is 0 Å². The zero-order chi connectivity index (χ0) is 26.8. The second kappa shape index (κ2) is 13.5. The molecule has 0 spiro atoms. The van der Waals surface area contributed by atoms with Gasteiger partial charge in [-0.2, -0.15) is 0 Å². The fourth-order valence-electron chi connectivity index (χ4n) is 4.07. The molecule has 0 saturated heterocycles. The Hall–Kier alpha value is -2.52. The fourth-order valence-corrected chi connectivity index (χ4v) is 4.07. The molecule has 0 radical (unpaired) electrons. The molecule has 10 heteroatoms. The molecular formula is C25H44N2O8. The third kappa shape index (κ3) is 13.2. The maximum atomic E-state index is 11.6. The smallest absolute Gasteiger partial charge is 0.407 e. The van der Waals surface area contributed by atoms with Crippen molar-refractivity contribution in [1.29, 1.82) is 0 Å². The number of rotatable bonds is 4. The van der Waals surface area contributed by atoms with Crippen molar-refractivity contribution in [3.63, 3.8) is 0 Å². The monoisotopic (exact) mass is 500 g/mol. The number of carbonyl (C=O) groups is 4. The van der Waals surface area contributed by atoms with Crippen LogP contribution in [-0.2, 0) is 23.8 Å². The average molecular weight is 501 g/mol. The van der Waals surface area contributed by atoms with Gasteiger partial charge in [0.05, 0.1) is 18.9 Å². The molecule has 0 bridgehead atoms. The molecule has 35 heavy (non-hydrogen) atoms. The van der Waals surface area contributed by atoms with Crippen molar-refractivity contribution in [1.82, 2.24) is 10.6 Å². The zero-order valence-electron chi connectivity index (χ0n) is 22.3. The summed E-state index contributed by atoms with van der Waals surface area (Å²) in [7, 11) is 1.41. The molecule has 3 N–H and O–H groups in total. The van der Waals surface area contributed by atoms with Gasteiger partial charge in [-0.15, -0.1) is 0 Å². The molecule has 0 heterocycles. The van der Waals surface area contributed by atoms with E-state index >= 15 is 0 Å². The van der Waals surface area contributed by atoms with Crippen molar-refractivity contribution in [2.45, 2.75) is 116 Å². The topological polar surface area (TPSA) is 140 Å². The lowest BCUT2D eigenvalue weighted by molar-refractivity contribution is -0.146. The second-order valence-electron chi connectivity index (χ2n) is 11.3. The second-order valence-corrected chi connectivity index (χ2v) is 11.3. The molecule has 2 aliphatic carbocycles. The van der Waals surface area contributed by atoms with E-state index in [4.69, 9.17) is 19.3 Å². The molecular weight excluding hydrogens is 456 g/mol. The molecule has 10 nitrogen and oxygen atoms in total. The number of carboxylic acid groups (broad SMARTS) is 1. The van der Waals surface area contributed by atoms with Crippen LogP contribution in [0.1, 0.15) is 92.9 Å². The molecule has 0 unspecified atom stereocenters. The first-order valence-electron chi connectivity index (χ1n) is 12.4. The molecule has 2 aliphatic rings. The van der Waals surface area contributed by atoms with Gasteiger partial charge in [-0.3, -0.25) is 9.59 Å². The maximum absolute atomic E-state index is 11.6. The SMILES string of the molecule is CC(C)(C)OC(=O)N[C@H]1CC[C@H](C(=O)O)CC1.COC(=O)C1CCC(NC(=O)OC(C)(C)C)CC1. The summed E-state index contributed by atoms with van der Waals surface area (Å²) in [5.41, 5.74) is -0.977. The Bertz CT molecular complexity index is 710. The molecule has 0 aliphatic heterocycles. The number of ether oxygens (including phenoxy) is 3. The predicted molar refractivity (Wildman–Crippen MR) is 130 cm³/mol. The minimum atomic E-state index is -0.735. The van der Waals surface area contributed by atoms with Crippen LogP contribution >= 0.6 is 0 Å². The lowest BCUT2D eigenvalue weighted by atomic mass is 9.86. The minimum Gasteiger partial charge on any atom is -0.481 e. The van der Waals surface area contributed by atoms with Gasteiger partial charge < -0.3 is 30.0 Å². The van der Waals surface area contributed by atoms with Gasteiger partial charge in [-0.25, -0.2) is 9.59 Å². The Labute approximate surface area is 208 Å². The fraction of sp³-hybridized carbons (Fsp3) is 0.840. The normalized spacial score (nSPS) is 24.7. The van der Waals surface area contributed by atoms with Crippen molar-refractivity contribution in [2.75, 3.05) is 7.11 Å². The Morgan fingerprint density at radius 2 is 1.00 bits per heavy atom. The largest absolute Gasteiger partial charge is 0.481 e. The van der Waals surface area contributed by atoms with Crippen LogP contribution in [0, 0.1) is 11.8 Å². The highest BCUT2D eigenvalue weighted by molar-refractivity contribution is 5.72. The van der Waals surface area contributed by atoms with Crippen LogP contribution in [0.15, 0.2) is 0 Å². The van der Waals surface area contributed by atoms with Crippen molar-refractivity contribution >= 4 is 24.1 Å². The molecule has 2 fully saturated rings. The summed E-state index contributed by atoms with van der Waals surface area (Å²) in [4.78, 5) is 45.2. The minimum absolute atomic E-state index is 0.0216. The lowest BCUT2D eigenvalue weighted by Gasteiger charge is -2.28. The van der Waals surface area contributed by atoms with E-state index in [0.29, 0.717) is 25.7 Å². The number of methoxy groups -OCH3 is 1. The molecule has 0 aromatic heterocycles. The molecule has 0 atom stereocenters. The quantitative estimate of drug-likeness (QED) is 0.381. The average Bonchev–Trinajstić information content (AvgIpc) is 2.71. The standard InChI is InChI=1S/C13H23NO4.C12H21NO4/c1-13(2,3)18-12(16)14-10-7-5-9(6-8-10)11(15)17-4;1-12(2,3)17-11(16)13-9-6-4-8(5-7-9)10(14)15/h9-10H,5-8H2,1-4H3,(H,14,16);8-9H,4-7H2,1-3H3,(H,13,16)(H,14,15)/t;8-,9-. The van der Waals surface area contributed by atoms with E-state index in [2.05, 4.69) is 10.6 Å². The molecule has 0 aromatic rings. The van der Waals surface area contributed by atoms with Gasteiger partial charge in [-0.05, 0) is 92.9 Å². The van der Waals surface area contributed by atoms with Gasteiger partial charge in [0.25, 0.3) is 0 Å². The molecule has 2 rings (SSSR count). The van der Waals surface area contributed by atoms with Crippen LogP contribution in [0.4, 0.5) is 9.59 Å². The summed E-state index contributed by atoms with van der Waals surface area (Å²) in [6.07, 6.45) is 4.94. The van der Waals surface area contributed by atoms with Crippen molar-refractivity contribution in [2.24, 2.45) is 11.8 Å².